The van der Waals surface area contributed by atoms with Crippen molar-refractivity contribution in [2.75, 3.05) is 12.4 Å². The number of carbonyl (C=O) groups excluding carboxylic acids is 3. The number of hydrogen-bond donors (Lipinski definition) is 2. The van der Waals surface area contributed by atoms with Gasteiger partial charge in [-0.2, -0.15) is 0 Å². The van der Waals surface area contributed by atoms with Gasteiger partial charge >= 0.3 is 5.97 Å². The summed E-state index contributed by atoms with van der Waals surface area (Å²) >= 11 is 0. The number of anilines is 1. The summed E-state index contributed by atoms with van der Waals surface area (Å²) in [6, 6.07) is 6.56. The first kappa shape index (κ1) is 18.7. The average Bonchev–Trinajstić information content (AvgIpc) is 2.62. The Kier molecular flexibility index (Phi) is 6.74. The van der Waals surface area contributed by atoms with Crippen molar-refractivity contribution in [2.24, 2.45) is 0 Å². The second kappa shape index (κ2) is 9.01. The minimum atomic E-state index is -0.437. The number of benzene rings is 1. The van der Waals surface area contributed by atoms with Gasteiger partial charge in [0.1, 0.15) is 0 Å². The van der Waals surface area contributed by atoms with Crippen molar-refractivity contribution in [1.29, 1.82) is 0 Å². The van der Waals surface area contributed by atoms with Crippen molar-refractivity contribution in [3.05, 3.63) is 41.5 Å². The lowest BCUT2D eigenvalue weighted by molar-refractivity contribution is -0.118. The van der Waals surface area contributed by atoms with E-state index < -0.39 is 5.97 Å². The molecular formula is C19H24N2O4. The van der Waals surface area contributed by atoms with E-state index in [1.165, 1.54) is 19.6 Å². The first-order chi connectivity index (χ1) is 12.0. The molecule has 0 unspecified atom stereocenters. The van der Waals surface area contributed by atoms with Gasteiger partial charge in [-0.25, -0.2) is 4.79 Å². The van der Waals surface area contributed by atoms with E-state index in [0.717, 1.165) is 25.7 Å². The Morgan fingerprint density at radius 3 is 2.32 bits per heavy atom. The summed E-state index contributed by atoms with van der Waals surface area (Å²) in [5.41, 5.74) is 1.27. The van der Waals surface area contributed by atoms with Crippen LogP contribution in [0.4, 0.5) is 5.69 Å². The lowest BCUT2D eigenvalue weighted by atomic mass is 9.95. The first-order valence-electron chi connectivity index (χ1n) is 8.48. The van der Waals surface area contributed by atoms with Crippen LogP contribution in [0.2, 0.25) is 0 Å². The highest BCUT2D eigenvalue weighted by Crippen LogP contribution is 2.17. The normalized spacial score (nSPS) is 15.4. The van der Waals surface area contributed by atoms with Crippen LogP contribution in [0.3, 0.4) is 0 Å². The first-order valence-corrected chi connectivity index (χ1v) is 8.48. The Hall–Kier alpha value is -2.63. The Morgan fingerprint density at radius 1 is 1.08 bits per heavy atom. The lowest BCUT2D eigenvalue weighted by Gasteiger charge is -2.22. The molecule has 25 heavy (non-hydrogen) atoms. The van der Waals surface area contributed by atoms with Gasteiger partial charge in [0.2, 0.25) is 5.91 Å². The maximum absolute atomic E-state index is 12.2. The molecule has 2 N–H and O–H groups in total. The zero-order valence-electron chi connectivity index (χ0n) is 14.6. The summed E-state index contributed by atoms with van der Waals surface area (Å²) in [5.74, 6) is -1.03. The molecule has 0 saturated heterocycles. The van der Waals surface area contributed by atoms with E-state index in [1.807, 2.05) is 0 Å². The molecule has 1 saturated carbocycles. The average molecular weight is 344 g/mol. The fourth-order valence-corrected chi connectivity index (χ4v) is 2.79. The Bertz CT molecular complexity index is 659. The van der Waals surface area contributed by atoms with Crippen molar-refractivity contribution < 1.29 is 19.1 Å². The van der Waals surface area contributed by atoms with E-state index in [1.54, 1.807) is 31.2 Å². The number of carbonyl (C=O) groups is 3. The number of esters is 1. The second-order valence-electron chi connectivity index (χ2n) is 6.19. The summed E-state index contributed by atoms with van der Waals surface area (Å²) in [6.45, 7) is 1.60. The van der Waals surface area contributed by atoms with Gasteiger partial charge in [0, 0.05) is 23.4 Å². The SMILES string of the molecule is COC(=O)c1ccc(NC(=O)/C(C)=C/C(=O)NC2CCCCC2)cc1. The Balaban J connectivity index is 1.90. The standard InChI is InChI=1S/C19H24N2O4/c1-13(12-17(22)20-15-6-4-3-5-7-15)18(23)21-16-10-8-14(9-11-16)19(24)25-2/h8-12,15H,3-7H2,1-2H3,(H,20,22)(H,21,23)/b13-12+. The van der Waals surface area contributed by atoms with E-state index in [9.17, 15) is 14.4 Å². The number of ether oxygens (including phenoxy) is 1. The van der Waals surface area contributed by atoms with Crippen molar-refractivity contribution in [3.63, 3.8) is 0 Å². The summed E-state index contributed by atoms with van der Waals surface area (Å²) in [5, 5.41) is 5.64. The van der Waals surface area contributed by atoms with Crippen LogP contribution in [0.5, 0.6) is 0 Å². The maximum Gasteiger partial charge on any atom is 0.337 e. The number of rotatable bonds is 5. The van der Waals surface area contributed by atoms with Crippen LogP contribution in [-0.2, 0) is 14.3 Å². The molecule has 1 aliphatic rings. The fraction of sp³-hybridized carbons (Fsp3) is 0.421. The van der Waals surface area contributed by atoms with Crippen LogP contribution < -0.4 is 10.6 Å². The molecule has 1 fully saturated rings. The van der Waals surface area contributed by atoms with E-state index >= 15 is 0 Å². The topological polar surface area (TPSA) is 84.5 Å². The highest BCUT2D eigenvalue weighted by atomic mass is 16.5. The molecule has 6 nitrogen and oxygen atoms in total. The van der Waals surface area contributed by atoms with E-state index in [4.69, 9.17) is 0 Å². The largest absolute Gasteiger partial charge is 0.465 e. The van der Waals surface area contributed by atoms with E-state index in [0.29, 0.717) is 16.8 Å². The van der Waals surface area contributed by atoms with Gasteiger partial charge in [0.15, 0.2) is 0 Å². The minimum absolute atomic E-state index is 0.208. The van der Waals surface area contributed by atoms with Crippen LogP contribution in [-0.4, -0.2) is 30.9 Å². The van der Waals surface area contributed by atoms with Gasteiger partial charge in [0.25, 0.3) is 5.91 Å². The summed E-state index contributed by atoms with van der Waals surface area (Å²) in [4.78, 5) is 35.6. The lowest BCUT2D eigenvalue weighted by Crippen LogP contribution is -2.35. The molecule has 1 aromatic carbocycles. The van der Waals surface area contributed by atoms with Gasteiger partial charge < -0.3 is 15.4 Å². The molecule has 0 spiro atoms. The van der Waals surface area contributed by atoms with Crippen molar-refractivity contribution in [2.45, 2.75) is 45.1 Å². The van der Waals surface area contributed by atoms with Crippen LogP contribution in [0.25, 0.3) is 0 Å². The molecule has 0 aliphatic heterocycles. The quantitative estimate of drug-likeness (QED) is 0.635. The fourth-order valence-electron chi connectivity index (χ4n) is 2.79. The molecule has 0 heterocycles. The molecule has 2 amide bonds. The molecule has 2 rings (SSSR count). The summed E-state index contributed by atoms with van der Waals surface area (Å²) < 4.78 is 4.62. The molecule has 0 aromatic heterocycles. The molecule has 1 aliphatic carbocycles. The number of hydrogen-bond acceptors (Lipinski definition) is 4. The number of nitrogens with one attached hydrogen (secondary N) is 2. The molecule has 134 valence electrons. The Morgan fingerprint density at radius 2 is 1.72 bits per heavy atom. The zero-order chi connectivity index (χ0) is 18.2. The molecular weight excluding hydrogens is 320 g/mol. The van der Waals surface area contributed by atoms with Crippen LogP contribution >= 0.6 is 0 Å². The molecule has 1 aromatic rings. The molecule has 0 radical (unpaired) electrons. The van der Waals surface area contributed by atoms with E-state index in [2.05, 4.69) is 15.4 Å². The number of amides is 2. The summed E-state index contributed by atoms with van der Waals surface area (Å²) in [7, 11) is 1.31. The third kappa shape index (κ3) is 5.74. The van der Waals surface area contributed by atoms with Crippen LogP contribution in [0.1, 0.15) is 49.4 Å². The van der Waals surface area contributed by atoms with E-state index in [-0.39, 0.29) is 17.9 Å². The van der Waals surface area contributed by atoms with Gasteiger partial charge in [0.05, 0.1) is 12.7 Å². The van der Waals surface area contributed by atoms with Crippen LogP contribution in [0.15, 0.2) is 35.9 Å². The highest BCUT2D eigenvalue weighted by molar-refractivity contribution is 6.07. The number of methoxy groups -OCH3 is 1. The molecule has 0 atom stereocenters. The Labute approximate surface area is 147 Å². The van der Waals surface area contributed by atoms with Crippen LogP contribution in [0, 0.1) is 0 Å². The molecule has 6 heteroatoms. The predicted molar refractivity (Wildman–Crippen MR) is 95.2 cm³/mol. The monoisotopic (exact) mass is 344 g/mol. The van der Waals surface area contributed by atoms with Gasteiger partial charge in [-0.05, 0) is 44.0 Å². The van der Waals surface area contributed by atoms with Gasteiger partial charge in [-0.1, -0.05) is 19.3 Å². The second-order valence-corrected chi connectivity index (χ2v) is 6.19. The zero-order valence-corrected chi connectivity index (χ0v) is 14.6. The highest BCUT2D eigenvalue weighted by Gasteiger charge is 2.15. The van der Waals surface area contributed by atoms with Gasteiger partial charge in [-0.15, -0.1) is 0 Å². The summed E-state index contributed by atoms with van der Waals surface area (Å²) in [6.07, 6.45) is 6.81. The van der Waals surface area contributed by atoms with Crippen molar-refractivity contribution in [1.82, 2.24) is 5.32 Å². The molecule has 0 bridgehead atoms. The van der Waals surface area contributed by atoms with Crippen molar-refractivity contribution in [3.8, 4) is 0 Å². The van der Waals surface area contributed by atoms with Crippen molar-refractivity contribution >= 4 is 23.5 Å². The third-order valence-electron chi connectivity index (χ3n) is 4.22. The van der Waals surface area contributed by atoms with Gasteiger partial charge in [-0.3, -0.25) is 9.59 Å². The third-order valence-corrected chi connectivity index (χ3v) is 4.22. The predicted octanol–water partition coefficient (Wildman–Crippen LogP) is 2.81. The maximum atomic E-state index is 12.2. The smallest absolute Gasteiger partial charge is 0.337 e. The minimum Gasteiger partial charge on any atom is -0.465 e.